The lowest BCUT2D eigenvalue weighted by Gasteiger charge is -2.05. The number of carbonyl (C=O) groups excluding carboxylic acids is 1. The van der Waals surface area contributed by atoms with Gasteiger partial charge in [-0.15, -0.1) is 5.10 Å². The van der Waals surface area contributed by atoms with Crippen molar-refractivity contribution in [2.45, 2.75) is 20.3 Å². The van der Waals surface area contributed by atoms with Crippen LogP contribution in [0.25, 0.3) is 5.69 Å². The summed E-state index contributed by atoms with van der Waals surface area (Å²) in [5, 5.41) is 7.94. The summed E-state index contributed by atoms with van der Waals surface area (Å²) in [6.07, 6.45) is 0.853. The van der Waals surface area contributed by atoms with Crippen molar-refractivity contribution in [3.8, 4) is 5.69 Å². The minimum atomic E-state index is -0.299. The minimum Gasteiger partial charge on any atom is -0.349 e. The third-order valence-corrected chi connectivity index (χ3v) is 3.20. The van der Waals surface area contributed by atoms with Crippen LogP contribution < -0.4 is 5.32 Å². The van der Waals surface area contributed by atoms with Crippen molar-refractivity contribution in [1.82, 2.24) is 20.1 Å². The highest BCUT2D eigenvalue weighted by Gasteiger charge is 2.16. The number of amides is 1. The van der Waals surface area contributed by atoms with Crippen LogP contribution in [0, 0.1) is 6.92 Å². The maximum atomic E-state index is 11.8. The second kappa shape index (κ2) is 6.24. The largest absolute Gasteiger partial charge is 0.349 e. The van der Waals surface area contributed by atoms with Crippen molar-refractivity contribution in [1.29, 1.82) is 0 Å². The van der Waals surface area contributed by atoms with Gasteiger partial charge in [0.15, 0.2) is 0 Å². The van der Waals surface area contributed by atoms with Crippen LogP contribution in [0.1, 0.15) is 29.8 Å². The zero-order valence-corrected chi connectivity index (χ0v) is 12.7. The third-order valence-electron chi connectivity index (χ3n) is 2.64. The fourth-order valence-electron chi connectivity index (χ4n) is 1.68. The number of halogens is 2. The Bertz CT molecular complexity index is 639. The highest BCUT2D eigenvalue weighted by molar-refractivity contribution is 6.34. The molecule has 0 aliphatic carbocycles. The van der Waals surface area contributed by atoms with Crippen LogP contribution in [0.4, 0.5) is 0 Å². The van der Waals surface area contributed by atoms with Crippen LogP contribution in [0.15, 0.2) is 18.2 Å². The van der Waals surface area contributed by atoms with Crippen LogP contribution in [0.2, 0.25) is 10.0 Å². The van der Waals surface area contributed by atoms with Crippen LogP contribution in [0.3, 0.4) is 0 Å². The Labute approximate surface area is 126 Å². The van der Waals surface area contributed by atoms with E-state index in [1.54, 1.807) is 25.1 Å². The SMILES string of the molecule is CCCNC(=O)c1nc(C)n(-c2cc(Cl)ccc2Cl)n1. The van der Waals surface area contributed by atoms with Crippen molar-refractivity contribution in [3.63, 3.8) is 0 Å². The summed E-state index contributed by atoms with van der Waals surface area (Å²) in [6, 6.07) is 5.05. The Morgan fingerprint density at radius 2 is 2.15 bits per heavy atom. The highest BCUT2D eigenvalue weighted by atomic mass is 35.5. The number of nitrogens with one attached hydrogen (secondary N) is 1. The standard InChI is InChI=1S/C13H14Cl2N4O/c1-3-6-16-13(20)12-17-8(2)19(18-12)11-7-9(14)4-5-10(11)15/h4-5,7H,3,6H2,1-2H3,(H,16,20). The summed E-state index contributed by atoms with van der Waals surface area (Å²) in [5.41, 5.74) is 0.596. The predicted octanol–water partition coefficient (Wildman–Crippen LogP) is 3.02. The Balaban J connectivity index is 2.36. The van der Waals surface area contributed by atoms with E-state index < -0.39 is 0 Å². The molecule has 2 aromatic rings. The van der Waals surface area contributed by atoms with Crippen LogP contribution in [-0.2, 0) is 0 Å². The van der Waals surface area contributed by atoms with Gasteiger partial charge in [-0.2, -0.15) is 0 Å². The number of hydrogen-bond donors (Lipinski definition) is 1. The van der Waals surface area contributed by atoms with Crippen molar-refractivity contribution >= 4 is 29.1 Å². The van der Waals surface area contributed by atoms with Gasteiger partial charge in [0, 0.05) is 11.6 Å². The van der Waals surface area contributed by atoms with E-state index in [9.17, 15) is 4.79 Å². The van der Waals surface area contributed by atoms with Crippen LogP contribution in [-0.4, -0.2) is 27.2 Å². The van der Waals surface area contributed by atoms with Crippen molar-refractivity contribution in [2.75, 3.05) is 6.54 Å². The predicted molar refractivity (Wildman–Crippen MR) is 78.7 cm³/mol. The number of benzene rings is 1. The topological polar surface area (TPSA) is 59.8 Å². The number of aryl methyl sites for hydroxylation is 1. The van der Waals surface area contributed by atoms with E-state index in [-0.39, 0.29) is 11.7 Å². The van der Waals surface area contributed by atoms with Crippen molar-refractivity contribution in [2.24, 2.45) is 0 Å². The minimum absolute atomic E-state index is 0.118. The molecule has 0 aliphatic rings. The first-order chi connectivity index (χ1) is 9.52. The number of nitrogens with zero attached hydrogens (tertiary/aromatic N) is 3. The summed E-state index contributed by atoms with van der Waals surface area (Å²) < 4.78 is 1.51. The zero-order valence-electron chi connectivity index (χ0n) is 11.2. The zero-order chi connectivity index (χ0) is 14.7. The van der Waals surface area contributed by atoms with E-state index in [2.05, 4.69) is 15.4 Å². The van der Waals surface area contributed by atoms with Crippen LogP contribution in [0.5, 0.6) is 0 Å². The van der Waals surface area contributed by atoms with Crippen molar-refractivity contribution in [3.05, 3.63) is 39.9 Å². The fourth-order valence-corrected chi connectivity index (χ4v) is 2.04. The molecule has 106 valence electrons. The Morgan fingerprint density at radius 3 is 2.85 bits per heavy atom. The van der Waals surface area contributed by atoms with Crippen molar-refractivity contribution < 1.29 is 4.79 Å². The summed E-state index contributed by atoms with van der Waals surface area (Å²) in [5.74, 6) is 0.384. The van der Waals surface area contributed by atoms with E-state index in [0.29, 0.717) is 28.1 Å². The molecule has 5 nitrogen and oxygen atoms in total. The average molecular weight is 313 g/mol. The fraction of sp³-hybridized carbons (Fsp3) is 0.308. The molecular formula is C13H14Cl2N4O. The summed E-state index contributed by atoms with van der Waals surface area (Å²) in [6.45, 7) is 4.31. The second-order valence-corrected chi connectivity index (χ2v) is 5.09. The molecule has 0 atom stereocenters. The molecule has 0 saturated carbocycles. The van der Waals surface area contributed by atoms with E-state index >= 15 is 0 Å². The van der Waals surface area contributed by atoms with E-state index in [0.717, 1.165) is 6.42 Å². The number of hydrogen-bond acceptors (Lipinski definition) is 3. The first kappa shape index (κ1) is 14.8. The summed E-state index contributed by atoms with van der Waals surface area (Å²) in [4.78, 5) is 16.0. The smallest absolute Gasteiger partial charge is 0.290 e. The summed E-state index contributed by atoms with van der Waals surface area (Å²) >= 11 is 12.1. The molecule has 1 aromatic carbocycles. The third kappa shape index (κ3) is 3.11. The molecule has 7 heteroatoms. The van der Waals surface area contributed by atoms with Gasteiger partial charge in [0.05, 0.1) is 10.7 Å². The first-order valence-electron chi connectivity index (χ1n) is 6.20. The van der Waals surface area contributed by atoms with Gasteiger partial charge < -0.3 is 5.32 Å². The molecule has 1 amide bonds. The molecule has 0 unspecified atom stereocenters. The lowest BCUT2D eigenvalue weighted by molar-refractivity contribution is 0.0943. The molecule has 0 bridgehead atoms. The molecule has 0 aliphatic heterocycles. The van der Waals surface area contributed by atoms with Crippen LogP contribution >= 0.6 is 23.2 Å². The second-order valence-electron chi connectivity index (χ2n) is 4.25. The highest BCUT2D eigenvalue weighted by Crippen LogP contribution is 2.24. The Morgan fingerprint density at radius 1 is 1.40 bits per heavy atom. The quantitative estimate of drug-likeness (QED) is 0.944. The molecule has 1 N–H and O–H groups in total. The van der Waals surface area contributed by atoms with Gasteiger partial charge in [-0.25, -0.2) is 9.67 Å². The molecule has 0 spiro atoms. The molecule has 1 heterocycles. The first-order valence-corrected chi connectivity index (χ1v) is 6.95. The van der Waals surface area contributed by atoms with Gasteiger partial charge in [0.1, 0.15) is 5.82 Å². The molecule has 1 aromatic heterocycles. The number of carbonyl (C=O) groups is 1. The maximum Gasteiger partial charge on any atom is 0.290 e. The lowest BCUT2D eigenvalue weighted by atomic mass is 10.3. The van der Waals surface area contributed by atoms with E-state index in [4.69, 9.17) is 23.2 Å². The average Bonchev–Trinajstić information content (AvgIpc) is 2.81. The van der Waals surface area contributed by atoms with Gasteiger partial charge in [-0.3, -0.25) is 4.79 Å². The maximum absolute atomic E-state index is 11.8. The molecular weight excluding hydrogens is 299 g/mol. The van der Waals surface area contributed by atoms with Gasteiger partial charge in [-0.05, 0) is 31.5 Å². The number of aromatic nitrogens is 3. The molecule has 2 rings (SSSR count). The normalized spacial score (nSPS) is 10.6. The van der Waals surface area contributed by atoms with Gasteiger partial charge >= 0.3 is 0 Å². The Kier molecular flexibility index (Phi) is 4.62. The van der Waals surface area contributed by atoms with E-state index in [1.807, 2.05) is 6.92 Å². The molecule has 20 heavy (non-hydrogen) atoms. The molecule has 0 radical (unpaired) electrons. The van der Waals surface area contributed by atoms with Gasteiger partial charge in [0.2, 0.25) is 5.82 Å². The van der Waals surface area contributed by atoms with E-state index in [1.165, 1.54) is 4.68 Å². The Hall–Kier alpha value is -1.59. The lowest BCUT2D eigenvalue weighted by Crippen LogP contribution is -2.25. The number of rotatable bonds is 4. The molecule has 0 saturated heterocycles. The molecule has 0 fully saturated rings. The van der Waals surface area contributed by atoms with Gasteiger partial charge in [-0.1, -0.05) is 30.1 Å². The van der Waals surface area contributed by atoms with Gasteiger partial charge in [0.25, 0.3) is 5.91 Å². The monoisotopic (exact) mass is 312 g/mol. The summed E-state index contributed by atoms with van der Waals surface area (Å²) in [7, 11) is 0.